The van der Waals surface area contributed by atoms with Gasteiger partial charge in [0.15, 0.2) is 0 Å². The molecule has 0 aromatic heterocycles. The van der Waals surface area contributed by atoms with Crippen molar-refractivity contribution < 1.29 is 4.92 Å². The van der Waals surface area contributed by atoms with Crippen molar-refractivity contribution in [2.24, 2.45) is 0 Å². The zero-order chi connectivity index (χ0) is 13.7. The molecule has 0 heterocycles. The molecular formula is C12H17BrN2O2S. The van der Waals surface area contributed by atoms with Gasteiger partial charge >= 0.3 is 0 Å². The number of hydrogen-bond donors (Lipinski definition) is 0. The summed E-state index contributed by atoms with van der Waals surface area (Å²) in [7, 11) is 2.01. The highest BCUT2D eigenvalue weighted by molar-refractivity contribution is 9.08. The average molecular weight is 333 g/mol. The van der Waals surface area contributed by atoms with E-state index in [2.05, 4.69) is 34.0 Å². The summed E-state index contributed by atoms with van der Waals surface area (Å²) >= 11 is 5.09. The molecule has 0 saturated heterocycles. The molecule has 0 aliphatic carbocycles. The second-order valence-corrected chi connectivity index (χ2v) is 5.59. The molecule has 18 heavy (non-hydrogen) atoms. The number of hydrogen-bond acceptors (Lipinski definition) is 4. The number of thioether (sulfide) groups is 1. The van der Waals surface area contributed by atoms with Crippen molar-refractivity contribution >= 4 is 39.1 Å². The van der Waals surface area contributed by atoms with Gasteiger partial charge in [0.1, 0.15) is 0 Å². The number of alkyl halides is 1. The van der Waals surface area contributed by atoms with Gasteiger partial charge in [0, 0.05) is 41.5 Å². The highest BCUT2D eigenvalue weighted by Gasteiger charge is 2.16. The van der Waals surface area contributed by atoms with Gasteiger partial charge in [0.05, 0.1) is 4.92 Å². The van der Waals surface area contributed by atoms with Crippen LogP contribution in [0.2, 0.25) is 0 Å². The smallest absolute Gasteiger partial charge is 0.273 e. The van der Waals surface area contributed by atoms with Crippen LogP contribution in [0.15, 0.2) is 18.2 Å². The van der Waals surface area contributed by atoms with Gasteiger partial charge in [-0.05, 0) is 25.3 Å². The van der Waals surface area contributed by atoms with E-state index in [9.17, 15) is 10.1 Å². The highest BCUT2D eigenvalue weighted by Crippen LogP contribution is 2.27. The fraction of sp³-hybridized carbons (Fsp3) is 0.500. The molecule has 0 fully saturated rings. The van der Waals surface area contributed by atoms with E-state index in [1.807, 2.05) is 13.1 Å². The fourth-order valence-electron chi connectivity index (χ4n) is 1.68. The maximum atomic E-state index is 10.9. The third-order valence-electron chi connectivity index (χ3n) is 2.88. The Morgan fingerprint density at radius 2 is 2.22 bits per heavy atom. The van der Waals surface area contributed by atoms with Gasteiger partial charge in [-0.15, -0.1) is 0 Å². The summed E-state index contributed by atoms with van der Waals surface area (Å²) in [6.45, 7) is 2.14. The van der Waals surface area contributed by atoms with Crippen LogP contribution < -0.4 is 4.90 Å². The molecule has 0 bridgehead atoms. The monoisotopic (exact) mass is 332 g/mol. The Balaban J connectivity index is 3.01. The van der Waals surface area contributed by atoms with Gasteiger partial charge in [-0.1, -0.05) is 15.9 Å². The molecule has 0 spiro atoms. The Morgan fingerprint density at radius 3 is 2.72 bits per heavy atom. The molecule has 0 aliphatic heterocycles. The molecule has 4 nitrogen and oxygen atoms in total. The molecule has 1 atom stereocenters. The molecule has 1 aromatic carbocycles. The van der Waals surface area contributed by atoms with E-state index in [4.69, 9.17) is 0 Å². The van der Waals surface area contributed by atoms with E-state index >= 15 is 0 Å². The quantitative estimate of drug-likeness (QED) is 0.453. The maximum absolute atomic E-state index is 10.9. The SMILES string of the molecule is CSCC(C)N(C)c1ccc([N+](=O)[O-])c(CBr)c1. The minimum absolute atomic E-state index is 0.168. The zero-order valence-corrected chi connectivity index (χ0v) is 13.1. The molecule has 0 N–H and O–H groups in total. The lowest BCUT2D eigenvalue weighted by atomic mass is 10.1. The van der Waals surface area contributed by atoms with Crippen LogP contribution in [0.3, 0.4) is 0 Å². The summed E-state index contributed by atoms with van der Waals surface area (Å²) in [4.78, 5) is 12.7. The molecule has 0 aliphatic rings. The Kier molecular flexibility index (Phi) is 5.95. The Bertz CT molecular complexity index is 429. The van der Waals surface area contributed by atoms with Crippen molar-refractivity contribution in [3.8, 4) is 0 Å². The first-order valence-electron chi connectivity index (χ1n) is 5.56. The van der Waals surface area contributed by atoms with Crippen LogP contribution in [-0.2, 0) is 5.33 Å². The summed E-state index contributed by atoms with van der Waals surface area (Å²) in [5.74, 6) is 1.02. The second kappa shape index (κ2) is 6.99. The first-order valence-corrected chi connectivity index (χ1v) is 8.07. The number of halogens is 1. The van der Waals surface area contributed by atoms with Crippen LogP contribution >= 0.6 is 27.7 Å². The van der Waals surface area contributed by atoms with E-state index in [0.717, 1.165) is 11.4 Å². The lowest BCUT2D eigenvalue weighted by Gasteiger charge is -2.26. The largest absolute Gasteiger partial charge is 0.371 e. The lowest BCUT2D eigenvalue weighted by Crippen LogP contribution is -2.30. The highest BCUT2D eigenvalue weighted by atomic mass is 79.9. The van der Waals surface area contributed by atoms with E-state index in [0.29, 0.717) is 16.9 Å². The van der Waals surface area contributed by atoms with Crippen LogP contribution in [0.1, 0.15) is 12.5 Å². The van der Waals surface area contributed by atoms with E-state index < -0.39 is 0 Å². The number of nitro benzene ring substituents is 1. The summed E-state index contributed by atoms with van der Waals surface area (Å²) in [5.41, 5.74) is 1.89. The van der Waals surface area contributed by atoms with Crippen molar-refractivity contribution in [2.45, 2.75) is 18.3 Å². The lowest BCUT2D eigenvalue weighted by molar-refractivity contribution is -0.385. The van der Waals surface area contributed by atoms with Gasteiger partial charge in [0.25, 0.3) is 5.69 Å². The van der Waals surface area contributed by atoms with Gasteiger partial charge < -0.3 is 4.90 Å². The number of nitro groups is 1. The molecule has 0 saturated carbocycles. The number of nitrogens with zero attached hydrogens (tertiary/aromatic N) is 2. The van der Waals surface area contributed by atoms with E-state index in [1.54, 1.807) is 23.9 Å². The summed E-state index contributed by atoms with van der Waals surface area (Å²) in [6.07, 6.45) is 2.07. The van der Waals surface area contributed by atoms with E-state index in [1.165, 1.54) is 0 Å². The fourth-order valence-corrected chi connectivity index (χ4v) is 2.84. The molecule has 0 amide bonds. The van der Waals surface area contributed by atoms with Crippen molar-refractivity contribution in [3.05, 3.63) is 33.9 Å². The van der Waals surface area contributed by atoms with Gasteiger partial charge in [-0.25, -0.2) is 0 Å². The third kappa shape index (κ3) is 3.62. The first-order chi connectivity index (χ1) is 8.51. The second-order valence-electron chi connectivity index (χ2n) is 4.12. The average Bonchev–Trinajstić information content (AvgIpc) is 2.37. The molecule has 1 unspecified atom stereocenters. The normalized spacial score (nSPS) is 12.2. The zero-order valence-electron chi connectivity index (χ0n) is 10.7. The number of anilines is 1. The molecular weight excluding hydrogens is 316 g/mol. The number of rotatable bonds is 6. The standard InChI is InChI=1S/C12H17BrN2O2S/c1-9(8-18-3)14(2)11-4-5-12(15(16)17)10(6-11)7-13/h4-6,9H,7-8H2,1-3H3. The van der Waals surface area contributed by atoms with Crippen LogP contribution in [-0.4, -0.2) is 30.0 Å². The van der Waals surface area contributed by atoms with Crippen LogP contribution in [0, 0.1) is 10.1 Å². The Labute approximate surface area is 120 Å². The van der Waals surface area contributed by atoms with E-state index in [-0.39, 0.29) is 10.6 Å². The number of benzene rings is 1. The molecule has 0 radical (unpaired) electrons. The summed E-state index contributed by atoms with van der Waals surface area (Å²) in [6, 6.07) is 5.66. The predicted octanol–water partition coefficient (Wildman–Crippen LogP) is 3.68. The summed E-state index contributed by atoms with van der Waals surface area (Å²) < 4.78 is 0. The Hall–Kier alpha value is -0.750. The van der Waals surface area contributed by atoms with Crippen LogP contribution in [0.25, 0.3) is 0 Å². The minimum atomic E-state index is -0.342. The van der Waals surface area contributed by atoms with Gasteiger partial charge in [-0.3, -0.25) is 10.1 Å². The van der Waals surface area contributed by atoms with Crippen LogP contribution in [0.4, 0.5) is 11.4 Å². The van der Waals surface area contributed by atoms with Gasteiger partial charge in [-0.2, -0.15) is 11.8 Å². The van der Waals surface area contributed by atoms with Crippen molar-refractivity contribution in [3.63, 3.8) is 0 Å². The van der Waals surface area contributed by atoms with Crippen molar-refractivity contribution in [1.82, 2.24) is 0 Å². The first kappa shape index (κ1) is 15.3. The minimum Gasteiger partial charge on any atom is -0.371 e. The van der Waals surface area contributed by atoms with Crippen molar-refractivity contribution in [1.29, 1.82) is 0 Å². The van der Waals surface area contributed by atoms with Crippen LogP contribution in [0.5, 0.6) is 0 Å². The molecule has 1 aromatic rings. The molecule has 1 rings (SSSR count). The van der Waals surface area contributed by atoms with Crippen molar-refractivity contribution in [2.75, 3.05) is 24.0 Å². The van der Waals surface area contributed by atoms with Gasteiger partial charge in [0.2, 0.25) is 0 Å². The molecule has 100 valence electrons. The Morgan fingerprint density at radius 1 is 1.56 bits per heavy atom. The predicted molar refractivity (Wildman–Crippen MR) is 82.0 cm³/mol. The molecule has 6 heteroatoms. The maximum Gasteiger partial charge on any atom is 0.273 e. The topological polar surface area (TPSA) is 46.4 Å². The summed E-state index contributed by atoms with van der Waals surface area (Å²) in [5, 5.41) is 11.4. The third-order valence-corrected chi connectivity index (χ3v) is 4.30.